The van der Waals surface area contributed by atoms with Gasteiger partial charge < -0.3 is 15.0 Å². The van der Waals surface area contributed by atoms with Crippen LogP contribution >= 0.6 is 11.6 Å². The Balaban J connectivity index is 1.91. The van der Waals surface area contributed by atoms with E-state index in [4.69, 9.17) is 16.3 Å². The van der Waals surface area contributed by atoms with Gasteiger partial charge in [-0.05, 0) is 41.7 Å². The maximum absolute atomic E-state index is 12.3. The van der Waals surface area contributed by atoms with Crippen molar-refractivity contribution in [2.75, 3.05) is 5.32 Å². The van der Waals surface area contributed by atoms with E-state index in [1.54, 1.807) is 24.3 Å². The minimum atomic E-state index is -0.933. The summed E-state index contributed by atoms with van der Waals surface area (Å²) in [5, 5.41) is 13.1. The molecule has 6 heteroatoms. The first-order valence-corrected chi connectivity index (χ1v) is 6.93. The summed E-state index contributed by atoms with van der Waals surface area (Å²) in [5.74, 6) is -0.281. The van der Waals surface area contributed by atoms with Crippen molar-refractivity contribution in [2.24, 2.45) is 0 Å². The van der Waals surface area contributed by atoms with Gasteiger partial charge in [-0.25, -0.2) is 0 Å². The fraction of sp³-hybridized carbons (Fsp3) is 0.133. The Hall–Kier alpha value is -1.82. The van der Waals surface area contributed by atoms with Crippen LogP contribution in [0.1, 0.15) is 21.5 Å². The van der Waals surface area contributed by atoms with Gasteiger partial charge in [0.05, 0.1) is 17.2 Å². The lowest BCUT2D eigenvalue weighted by Crippen LogP contribution is -2.31. The molecule has 1 amide bonds. The molecule has 0 unspecified atom stereocenters. The first-order chi connectivity index (χ1) is 10.1. The minimum Gasteiger partial charge on any atom is -0.423 e. The maximum atomic E-state index is 12.3. The van der Waals surface area contributed by atoms with Gasteiger partial charge in [-0.3, -0.25) is 4.79 Å². The Morgan fingerprint density at radius 2 is 2.10 bits per heavy atom. The third-order valence-corrected chi connectivity index (χ3v) is 3.95. The van der Waals surface area contributed by atoms with Crippen LogP contribution in [0.2, 0.25) is 5.02 Å². The Morgan fingerprint density at radius 3 is 2.86 bits per heavy atom. The van der Waals surface area contributed by atoms with Gasteiger partial charge in [0.1, 0.15) is 0 Å². The van der Waals surface area contributed by atoms with Gasteiger partial charge in [-0.15, -0.1) is 0 Å². The molecule has 0 aromatic heterocycles. The zero-order valence-corrected chi connectivity index (χ0v) is 12.1. The molecule has 4 nitrogen and oxygen atoms in total. The zero-order chi connectivity index (χ0) is 15.0. The number of halogens is 1. The fourth-order valence-electron chi connectivity index (χ4n) is 2.48. The highest BCUT2D eigenvalue weighted by Gasteiger charge is 2.30. The fourth-order valence-corrected chi connectivity index (χ4v) is 2.70. The summed E-state index contributed by atoms with van der Waals surface area (Å²) in [6.07, 6.45) is 0. The normalized spacial score (nSPS) is 13.2. The lowest BCUT2D eigenvalue weighted by molar-refractivity contribution is 0.102. The summed E-state index contributed by atoms with van der Waals surface area (Å²) in [5.41, 5.74) is 3.53. The topological polar surface area (TPSA) is 58.6 Å². The van der Waals surface area contributed by atoms with Crippen molar-refractivity contribution in [2.45, 2.75) is 13.5 Å². The zero-order valence-electron chi connectivity index (χ0n) is 11.4. The number of carbonyl (C=O) groups excluding carboxylic acids is 1. The standard InChI is InChI=1S/C15H13BClNO3/c1-9-13(7-6-10-8-21-16(20)14(9)10)18-15(19)11-4-2-3-5-12(11)17/h2-7,20H,8H2,1H3,(H,18,19). The van der Waals surface area contributed by atoms with Crippen molar-refractivity contribution in [1.29, 1.82) is 0 Å². The third kappa shape index (κ3) is 2.55. The summed E-state index contributed by atoms with van der Waals surface area (Å²) in [6, 6.07) is 10.5. The molecule has 0 radical (unpaired) electrons. The van der Waals surface area contributed by atoms with E-state index in [0.29, 0.717) is 22.9 Å². The smallest absolute Gasteiger partial charge is 0.423 e. The van der Waals surface area contributed by atoms with E-state index in [1.165, 1.54) is 0 Å². The van der Waals surface area contributed by atoms with Crippen LogP contribution in [0, 0.1) is 6.92 Å². The van der Waals surface area contributed by atoms with E-state index in [1.807, 2.05) is 19.1 Å². The van der Waals surface area contributed by atoms with E-state index in [2.05, 4.69) is 5.32 Å². The van der Waals surface area contributed by atoms with Gasteiger partial charge in [0.2, 0.25) is 0 Å². The summed E-state index contributed by atoms with van der Waals surface area (Å²) < 4.78 is 5.19. The quantitative estimate of drug-likeness (QED) is 0.835. The molecule has 0 aliphatic carbocycles. The Kier molecular flexibility index (Phi) is 3.72. The van der Waals surface area contributed by atoms with E-state index >= 15 is 0 Å². The SMILES string of the molecule is Cc1c(NC(=O)c2ccccc2Cl)ccc2c1B(O)OC2. The molecule has 1 aliphatic rings. The van der Waals surface area contributed by atoms with Crippen LogP contribution in [0.4, 0.5) is 5.69 Å². The van der Waals surface area contributed by atoms with Gasteiger partial charge in [0, 0.05) is 5.69 Å². The number of carbonyl (C=O) groups is 1. The van der Waals surface area contributed by atoms with Crippen molar-refractivity contribution in [3.05, 3.63) is 58.1 Å². The number of nitrogens with one attached hydrogen (secondary N) is 1. The summed E-state index contributed by atoms with van der Waals surface area (Å²) in [7, 11) is -0.933. The Labute approximate surface area is 127 Å². The van der Waals surface area contributed by atoms with Crippen molar-refractivity contribution >= 4 is 35.8 Å². The number of fused-ring (bicyclic) bond motifs is 1. The molecule has 1 aliphatic heterocycles. The molecule has 1 heterocycles. The van der Waals surface area contributed by atoms with Crippen molar-refractivity contribution in [3.8, 4) is 0 Å². The van der Waals surface area contributed by atoms with Crippen molar-refractivity contribution < 1.29 is 14.5 Å². The lowest BCUT2D eigenvalue weighted by atomic mass is 9.76. The predicted molar refractivity (Wildman–Crippen MR) is 83.0 cm³/mol. The summed E-state index contributed by atoms with van der Waals surface area (Å²) >= 11 is 6.02. The second-order valence-electron chi connectivity index (χ2n) is 4.91. The van der Waals surface area contributed by atoms with E-state index in [9.17, 15) is 9.82 Å². The summed E-state index contributed by atoms with van der Waals surface area (Å²) in [4.78, 5) is 12.3. The molecule has 2 N–H and O–H groups in total. The molecule has 0 fully saturated rings. The monoisotopic (exact) mass is 301 g/mol. The first kappa shape index (κ1) is 14.1. The van der Waals surface area contributed by atoms with Crippen LogP contribution in [0.3, 0.4) is 0 Å². The first-order valence-electron chi connectivity index (χ1n) is 6.56. The average molecular weight is 302 g/mol. The molecule has 0 bridgehead atoms. The lowest BCUT2D eigenvalue weighted by Gasteiger charge is -2.12. The van der Waals surface area contributed by atoms with Crippen LogP contribution in [-0.4, -0.2) is 18.0 Å². The predicted octanol–water partition coefficient (Wildman–Crippen LogP) is 2.12. The van der Waals surface area contributed by atoms with Crippen molar-refractivity contribution in [3.63, 3.8) is 0 Å². The number of amides is 1. The molecule has 2 aromatic carbocycles. The summed E-state index contributed by atoms with van der Waals surface area (Å²) in [6.45, 7) is 2.23. The van der Waals surface area contributed by atoms with Crippen LogP contribution in [0.15, 0.2) is 36.4 Å². The van der Waals surface area contributed by atoms with E-state index in [0.717, 1.165) is 16.6 Å². The number of rotatable bonds is 2. The Bertz CT molecular complexity index is 720. The molecular formula is C15H13BClNO3. The highest BCUT2D eigenvalue weighted by atomic mass is 35.5. The number of benzene rings is 2. The number of hydrogen-bond donors (Lipinski definition) is 2. The van der Waals surface area contributed by atoms with Crippen molar-refractivity contribution in [1.82, 2.24) is 0 Å². The third-order valence-electron chi connectivity index (χ3n) is 3.62. The molecule has 3 rings (SSSR count). The highest BCUT2D eigenvalue weighted by molar-refractivity contribution is 6.62. The molecule has 21 heavy (non-hydrogen) atoms. The van der Waals surface area contributed by atoms with E-state index < -0.39 is 7.12 Å². The largest absolute Gasteiger partial charge is 0.492 e. The number of hydrogen-bond acceptors (Lipinski definition) is 3. The van der Waals surface area contributed by atoms with Gasteiger partial charge in [0.15, 0.2) is 0 Å². The second kappa shape index (κ2) is 5.52. The maximum Gasteiger partial charge on any atom is 0.492 e. The molecule has 0 saturated heterocycles. The van der Waals surface area contributed by atoms with E-state index in [-0.39, 0.29) is 5.91 Å². The van der Waals surface area contributed by atoms with Crippen LogP contribution in [0.5, 0.6) is 0 Å². The van der Waals surface area contributed by atoms with Gasteiger partial charge >= 0.3 is 7.12 Å². The molecule has 0 saturated carbocycles. The minimum absolute atomic E-state index is 0.281. The average Bonchev–Trinajstić information content (AvgIpc) is 2.84. The second-order valence-corrected chi connectivity index (χ2v) is 5.32. The van der Waals surface area contributed by atoms with Gasteiger partial charge in [-0.1, -0.05) is 29.8 Å². The van der Waals surface area contributed by atoms with Crippen LogP contribution in [-0.2, 0) is 11.3 Å². The Morgan fingerprint density at radius 1 is 1.33 bits per heavy atom. The van der Waals surface area contributed by atoms with Crippen LogP contribution in [0.25, 0.3) is 0 Å². The number of anilines is 1. The molecule has 106 valence electrons. The molecule has 2 aromatic rings. The molecule has 0 spiro atoms. The highest BCUT2D eigenvalue weighted by Crippen LogP contribution is 2.22. The molecule has 0 atom stereocenters. The van der Waals surface area contributed by atoms with Crippen LogP contribution < -0.4 is 10.8 Å². The van der Waals surface area contributed by atoms with Gasteiger partial charge in [-0.2, -0.15) is 0 Å². The van der Waals surface area contributed by atoms with Gasteiger partial charge in [0.25, 0.3) is 5.91 Å². The molecular weight excluding hydrogens is 288 g/mol.